The molecule has 2 unspecified atom stereocenters. The van der Waals surface area contributed by atoms with E-state index >= 15 is 0 Å². The van der Waals surface area contributed by atoms with Gasteiger partial charge in [-0.25, -0.2) is 0 Å². The van der Waals surface area contributed by atoms with Crippen LogP contribution in [0.25, 0.3) is 0 Å². The zero-order chi connectivity index (χ0) is 14.8. The van der Waals surface area contributed by atoms with Crippen molar-refractivity contribution in [3.05, 3.63) is 0 Å². The van der Waals surface area contributed by atoms with E-state index in [-0.39, 0.29) is 17.4 Å². The van der Waals surface area contributed by atoms with Gasteiger partial charge in [0.25, 0.3) is 0 Å². The highest BCUT2D eigenvalue weighted by Crippen LogP contribution is 2.32. The van der Waals surface area contributed by atoms with Crippen LogP contribution >= 0.6 is 0 Å². The van der Waals surface area contributed by atoms with Gasteiger partial charge in [0.05, 0.1) is 5.92 Å². The molecule has 1 amide bonds. The van der Waals surface area contributed by atoms with Crippen LogP contribution in [0, 0.1) is 11.8 Å². The van der Waals surface area contributed by atoms with Crippen LogP contribution in [0.4, 0.5) is 0 Å². The zero-order valence-electron chi connectivity index (χ0n) is 12.5. The normalized spacial score (nSPS) is 29.4. The van der Waals surface area contributed by atoms with E-state index in [0.717, 1.165) is 12.8 Å². The van der Waals surface area contributed by atoms with Crippen molar-refractivity contribution < 1.29 is 14.7 Å². The lowest BCUT2D eigenvalue weighted by molar-refractivity contribution is -0.142. The number of carboxylic acids is 1. The van der Waals surface area contributed by atoms with Crippen LogP contribution in [0.3, 0.4) is 0 Å². The molecule has 2 N–H and O–H groups in total. The summed E-state index contributed by atoms with van der Waals surface area (Å²) in [6.45, 7) is 2.87. The lowest BCUT2D eigenvalue weighted by Crippen LogP contribution is -2.48. The van der Waals surface area contributed by atoms with Crippen molar-refractivity contribution in [3.63, 3.8) is 0 Å². The van der Waals surface area contributed by atoms with Gasteiger partial charge >= 0.3 is 5.97 Å². The summed E-state index contributed by atoms with van der Waals surface area (Å²) in [5, 5.41) is 12.5. The van der Waals surface area contributed by atoms with Gasteiger partial charge in [-0.05, 0) is 25.8 Å². The summed E-state index contributed by atoms with van der Waals surface area (Å²) < 4.78 is 0. The number of nitrogens with zero attached hydrogens (tertiary/aromatic N) is 1. The summed E-state index contributed by atoms with van der Waals surface area (Å²) in [7, 11) is 1.94. The minimum atomic E-state index is -0.784. The maximum absolute atomic E-state index is 12.5. The fourth-order valence-corrected chi connectivity index (χ4v) is 3.64. The average Bonchev–Trinajstić information content (AvgIpc) is 2.82. The predicted molar refractivity (Wildman–Crippen MR) is 76.4 cm³/mol. The Morgan fingerprint density at radius 1 is 1.25 bits per heavy atom. The number of hydrogen-bond acceptors (Lipinski definition) is 3. The number of carboxylic acid groups (broad SMARTS) is 1. The molecule has 1 saturated carbocycles. The molecule has 1 aliphatic carbocycles. The lowest BCUT2D eigenvalue weighted by atomic mass is 9.79. The number of hydrogen-bond donors (Lipinski definition) is 2. The SMILES string of the molecule is CNC1(CC(=O)N2CC(C)C(C(=O)O)C2)CCCCC1. The van der Waals surface area contributed by atoms with Gasteiger partial charge in [0.1, 0.15) is 0 Å². The Hall–Kier alpha value is -1.10. The van der Waals surface area contributed by atoms with Crippen LogP contribution in [-0.2, 0) is 9.59 Å². The maximum Gasteiger partial charge on any atom is 0.308 e. The minimum absolute atomic E-state index is 0.0494. The maximum atomic E-state index is 12.5. The quantitative estimate of drug-likeness (QED) is 0.819. The Balaban J connectivity index is 1.96. The number of nitrogens with one attached hydrogen (secondary N) is 1. The van der Waals surface area contributed by atoms with Gasteiger partial charge in [0, 0.05) is 25.0 Å². The molecule has 1 aliphatic heterocycles. The second-order valence-corrected chi connectivity index (χ2v) is 6.49. The third-order valence-electron chi connectivity index (χ3n) is 5.11. The summed E-state index contributed by atoms with van der Waals surface area (Å²) in [6.07, 6.45) is 6.18. The molecule has 20 heavy (non-hydrogen) atoms. The topological polar surface area (TPSA) is 69.6 Å². The average molecular weight is 282 g/mol. The van der Waals surface area contributed by atoms with Gasteiger partial charge < -0.3 is 15.3 Å². The molecule has 0 aromatic carbocycles. The number of likely N-dealkylation sites (tertiary alicyclic amines) is 1. The Kier molecular flexibility index (Phi) is 4.68. The van der Waals surface area contributed by atoms with Crippen molar-refractivity contribution in [1.82, 2.24) is 10.2 Å². The third-order valence-corrected chi connectivity index (χ3v) is 5.11. The summed E-state index contributed by atoms with van der Waals surface area (Å²) in [5.41, 5.74) is -0.0696. The Morgan fingerprint density at radius 3 is 2.40 bits per heavy atom. The first-order chi connectivity index (χ1) is 9.47. The smallest absolute Gasteiger partial charge is 0.308 e. The number of carbonyl (C=O) groups excluding carboxylic acids is 1. The largest absolute Gasteiger partial charge is 0.481 e. The van der Waals surface area contributed by atoms with Gasteiger partial charge in [-0.1, -0.05) is 26.2 Å². The summed E-state index contributed by atoms with van der Waals surface area (Å²) in [4.78, 5) is 25.4. The monoisotopic (exact) mass is 282 g/mol. The Morgan fingerprint density at radius 2 is 1.90 bits per heavy atom. The first-order valence-corrected chi connectivity index (χ1v) is 7.67. The first-order valence-electron chi connectivity index (χ1n) is 7.67. The molecule has 5 nitrogen and oxygen atoms in total. The number of carbonyl (C=O) groups is 2. The summed E-state index contributed by atoms with van der Waals surface area (Å²) in [5.74, 6) is -1.03. The summed E-state index contributed by atoms with van der Waals surface area (Å²) >= 11 is 0. The molecular weight excluding hydrogens is 256 g/mol. The van der Waals surface area contributed by atoms with Gasteiger partial charge in [-0.3, -0.25) is 9.59 Å². The molecule has 2 fully saturated rings. The van der Waals surface area contributed by atoms with Gasteiger partial charge in [0.15, 0.2) is 0 Å². The standard InChI is InChI=1S/C15H26N2O3/c1-11-9-17(10-12(11)14(19)20)13(18)8-15(16-2)6-4-3-5-7-15/h11-12,16H,3-10H2,1-2H3,(H,19,20). The van der Waals surface area contributed by atoms with E-state index in [9.17, 15) is 9.59 Å². The van der Waals surface area contributed by atoms with E-state index in [4.69, 9.17) is 5.11 Å². The third kappa shape index (κ3) is 3.14. The van der Waals surface area contributed by atoms with Crippen molar-refractivity contribution >= 4 is 11.9 Å². The van der Waals surface area contributed by atoms with Gasteiger partial charge in [0.2, 0.25) is 5.91 Å². The molecule has 0 spiro atoms. The van der Waals surface area contributed by atoms with Crippen molar-refractivity contribution in [1.29, 1.82) is 0 Å². The zero-order valence-corrected chi connectivity index (χ0v) is 12.5. The number of amides is 1. The Bertz CT molecular complexity index is 377. The molecule has 0 aromatic rings. The van der Waals surface area contributed by atoms with Crippen molar-refractivity contribution in [2.24, 2.45) is 11.8 Å². The van der Waals surface area contributed by atoms with E-state index < -0.39 is 11.9 Å². The van der Waals surface area contributed by atoms with Crippen LogP contribution < -0.4 is 5.32 Å². The second kappa shape index (κ2) is 6.12. The molecular formula is C15H26N2O3. The van der Waals surface area contributed by atoms with Crippen molar-refractivity contribution in [2.45, 2.75) is 51.0 Å². The van der Waals surface area contributed by atoms with E-state index in [2.05, 4.69) is 5.32 Å². The molecule has 0 radical (unpaired) electrons. The van der Waals surface area contributed by atoms with Crippen LogP contribution in [0.1, 0.15) is 45.4 Å². The van der Waals surface area contributed by atoms with E-state index in [1.54, 1.807) is 4.90 Å². The van der Waals surface area contributed by atoms with Crippen LogP contribution in [0.2, 0.25) is 0 Å². The number of aliphatic carboxylic acids is 1. The highest BCUT2D eigenvalue weighted by molar-refractivity contribution is 5.80. The Labute approximate surface area is 120 Å². The highest BCUT2D eigenvalue weighted by Gasteiger charge is 2.40. The van der Waals surface area contributed by atoms with E-state index in [1.165, 1.54) is 19.3 Å². The highest BCUT2D eigenvalue weighted by atomic mass is 16.4. The van der Waals surface area contributed by atoms with E-state index in [1.807, 2.05) is 14.0 Å². The summed E-state index contributed by atoms with van der Waals surface area (Å²) in [6, 6.07) is 0. The van der Waals surface area contributed by atoms with Crippen LogP contribution in [-0.4, -0.2) is 47.6 Å². The fourth-order valence-electron chi connectivity index (χ4n) is 3.64. The molecule has 0 aromatic heterocycles. The first kappa shape index (κ1) is 15.3. The van der Waals surface area contributed by atoms with Crippen LogP contribution in [0.15, 0.2) is 0 Å². The van der Waals surface area contributed by atoms with E-state index in [0.29, 0.717) is 19.5 Å². The lowest BCUT2D eigenvalue weighted by Gasteiger charge is -2.37. The van der Waals surface area contributed by atoms with Crippen molar-refractivity contribution in [2.75, 3.05) is 20.1 Å². The molecule has 2 aliphatic rings. The van der Waals surface area contributed by atoms with Gasteiger partial charge in [-0.2, -0.15) is 0 Å². The minimum Gasteiger partial charge on any atom is -0.481 e. The molecule has 0 bridgehead atoms. The molecule has 114 valence electrons. The molecule has 2 atom stereocenters. The van der Waals surface area contributed by atoms with Crippen LogP contribution in [0.5, 0.6) is 0 Å². The van der Waals surface area contributed by atoms with Gasteiger partial charge in [-0.15, -0.1) is 0 Å². The molecule has 2 rings (SSSR count). The predicted octanol–water partition coefficient (Wildman–Crippen LogP) is 1.48. The fraction of sp³-hybridized carbons (Fsp3) is 0.867. The molecule has 5 heteroatoms. The second-order valence-electron chi connectivity index (χ2n) is 6.49. The van der Waals surface area contributed by atoms with Crippen molar-refractivity contribution in [3.8, 4) is 0 Å². The molecule has 1 heterocycles. The number of rotatable bonds is 4. The molecule has 1 saturated heterocycles.